The Morgan fingerprint density at radius 1 is 1.65 bits per heavy atom. The van der Waals surface area contributed by atoms with Crippen LogP contribution in [0.5, 0.6) is 0 Å². The highest BCUT2D eigenvalue weighted by Gasteiger charge is 2.29. The predicted octanol–water partition coefficient (Wildman–Crippen LogP) is 1.05. The van der Waals surface area contributed by atoms with Crippen molar-refractivity contribution in [2.45, 2.75) is 19.4 Å². The molecule has 110 valence electrons. The van der Waals surface area contributed by atoms with E-state index < -0.39 is 5.82 Å². The fourth-order valence-electron chi connectivity index (χ4n) is 2.40. The summed E-state index contributed by atoms with van der Waals surface area (Å²) >= 11 is 0. The number of nitrogens with two attached hydrogens (primary N) is 1. The SMILES string of the molecule is CC(C(=O)Nc1ccc(F)c(N)c1)N1CCC(CO)C1. The number of nitrogens with zero attached hydrogens (tertiary/aromatic N) is 1. The van der Waals surface area contributed by atoms with Gasteiger partial charge in [-0.1, -0.05) is 0 Å². The smallest absolute Gasteiger partial charge is 0.241 e. The fourth-order valence-corrected chi connectivity index (χ4v) is 2.40. The van der Waals surface area contributed by atoms with Crippen LogP contribution in [0, 0.1) is 11.7 Å². The normalized spacial score (nSPS) is 20.9. The van der Waals surface area contributed by atoms with E-state index in [-0.39, 0.29) is 30.2 Å². The van der Waals surface area contributed by atoms with E-state index in [1.807, 2.05) is 11.8 Å². The summed E-state index contributed by atoms with van der Waals surface area (Å²) in [6, 6.07) is 3.82. The van der Waals surface area contributed by atoms with Gasteiger partial charge >= 0.3 is 0 Å². The van der Waals surface area contributed by atoms with E-state index in [9.17, 15) is 9.18 Å². The lowest BCUT2D eigenvalue weighted by molar-refractivity contribution is -0.120. The predicted molar refractivity (Wildman–Crippen MR) is 75.7 cm³/mol. The first-order valence-corrected chi connectivity index (χ1v) is 6.72. The highest BCUT2D eigenvalue weighted by atomic mass is 19.1. The summed E-state index contributed by atoms with van der Waals surface area (Å²) in [5.74, 6) is -0.414. The maximum Gasteiger partial charge on any atom is 0.241 e. The first-order chi connectivity index (χ1) is 9.51. The minimum atomic E-state index is -0.499. The molecular formula is C14H20FN3O2. The average Bonchev–Trinajstić information content (AvgIpc) is 2.91. The Labute approximate surface area is 117 Å². The number of aliphatic hydroxyl groups is 1. The van der Waals surface area contributed by atoms with E-state index in [2.05, 4.69) is 5.32 Å². The van der Waals surface area contributed by atoms with Crippen molar-refractivity contribution in [1.29, 1.82) is 0 Å². The molecule has 1 aliphatic rings. The Morgan fingerprint density at radius 2 is 2.40 bits per heavy atom. The molecule has 1 saturated heterocycles. The molecule has 0 aromatic heterocycles. The van der Waals surface area contributed by atoms with Crippen LogP contribution in [0.1, 0.15) is 13.3 Å². The zero-order chi connectivity index (χ0) is 14.7. The van der Waals surface area contributed by atoms with Crippen molar-refractivity contribution >= 4 is 17.3 Å². The minimum Gasteiger partial charge on any atom is -0.396 e. The van der Waals surface area contributed by atoms with Crippen LogP contribution in [0.3, 0.4) is 0 Å². The second kappa shape index (κ2) is 6.19. The van der Waals surface area contributed by atoms with E-state index in [0.717, 1.165) is 19.5 Å². The van der Waals surface area contributed by atoms with Crippen LogP contribution >= 0.6 is 0 Å². The number of likely N-dealkylation sites (tertiary alicyclic amines) is 1. The summed E-state index contributed by atoms with van der Waals surface area (Å²) < 4.78 is 13.1. The zero-order valence-electron chi connectivity index (χ0n) is 11.5. The summed E-state index contributed by atoms with van der Waals surface area (Å²) in [4.78, 5) is 14.2. The fraction of sp³-hybridized carbons (Fsp3) is 0.500. The van der Waals surface area contributed by atoms with Crippen molar-refractivity contribution in [2.75, 3.05) is 30.7 Å². The van der Waals surface area contributed by atoms with E-state index in [1.165, 1.54) is 18.2 Å². The lowest BCUT2D eigenvalue weighted by Gasteiger charge is -2.23. The molecule has 0 saturated carbocycles. The number of benzene rings is 1. The summed E-state index contributed by atoms with van der Waals surface area (Å²) in [6.07, 6.45) is 0.900. The first-order valence-electron chi connectivity index (χ1n) is 6.72. The second-order valence-corrected chi connectivity index (χ2v) is 5.23. The molecule has 0 spiro atoms. The number of nitrogen functional groups attached to an aromatic ring is 1. The van der Waals surface area contributed by atoms with Crippen molar-refractivity contribution in [1.82, 2.24) is 4.90 Å². The molecule has 5 nitrogen and oxygen atoms in total. The number of nitrogens with one attached hydrogen (secondary N) is 1. The van der Waals surface area contributed by atoms with Crippen LogP contribution in [0.25, 0.3) is 0 Å². The number of carbonyl (C=O) groups excluding carboxylic acids is 1. The van der Waals surface area contributed by atoms with Crippen molar-refractivity contribution < 1.29 is 14.3 Å². The van der Waals surface area contributed by atoms with E-state index in [4.69, 9.17) is 10.8 Å². The van der Waals surface area contributed by atoms with Gasteiger partial charge in [-0.2, -0.15) is 0 Å². The van der Waals surface area contributed by atoms with Gasteiger partial charge in [0.25, 0.3) is 0 Å². The van der Waals surface area contributed by atoms with Gasteiger partial charge in [-0.15, -0.1) is 0 Å². The van der Waals surface area contributed by atoms with Gasteiger partial charge in [0.05, 0.1) is 11.7 Å². The van der Waals surface area contributed by atoms with Gasteiger partial charge in [0.1, 0.15) is 5.82 Å². The molecular weight excluding hydrogens is 261 g/mol. The minimum absolute atomic E-state index is 0.0111. The summed E-state index contributed by atoms with van der Waals surface area (Å²) in [6.45, 7) is 3.49. The molecule has 6 heteroatoms. The van der Waals surface area contributed by atoms with Gasteiger partial charge in [0.15, 0.2) is 0 Å². The largest absolute Gasteiger partial charge is 0.396 e. The van der Waals surface area contributed by atoms with Crippen LogP contribution < -0.4 is 11.1 Å². The highest BCUT2D eigenvalue weighted by Crippen LogP contribution is 2.20. The molecule has 1 fully saturated rings. The van der Waals surface area contributed by atoms with Crippen molar-refractivity contribution in [3.05, 3.63) is 24.0 Å². The first kappa shape index (κ1) is 14.7. The number of amides is 1. The lowest BCUT2D eigenvalue weighted by Crippen LogP contribution is -2.40. The molecule has 20 heavy (non-hydrogen) atoms. The van der Waals surface area contributed by atoms with Gasteiger partial charge in [0.2, 0.25) is 5.91 Å². The van der Waals surface area contributed by atoms with Gasteiger partial charge < -0.3 is 16.2 Å². The Hall–Kier alpha value is -1.66. The lowest BCUT2D eigenvalue weighted by atomic mass is 10.1. The molecule has 0 aliphatic carbocycles. The Kier molecular flexibility index (Phi) is 4.57. The Bertz CT molecular complexity index is 495. The quantitative estimate of drug-likeness (QED) is 0.721. The van der Waals surface area contributed by atoms with Gasteiger partial charge in [-0.3, -0.25) is 9.69 Å². The van der Waals surface area contributed by atoms with Crippen molar-refractivity contribution in [2.24, 2.45) is 5.92 Å². The molecule has 4 N–H and O–H groups in total. The number of rotatable bonds is 4. The number of anilines is 2. The van der Waals surface area contributed by atoms with Crippen molar-refractivity contribution in [3.8, 4) is 0 Å². The number of hydrogen-bond acceptors (Lipinski definition) is 4. The molecule has 2 rings (SSSR count). The monoisotopic (exact) mass is 281 g/mol. The molecule has 2 atom stereocenters. The third-order valence-electron chi connectivity index (χ3n) is 3.77. The highest BCUT2D eigenvalue weighted by molar-refractivity contribution is 5.94. The molecule has 1 heterocycles. The van der Waals surface area contributed by atoms with E-state index in [1.54, 1.807) is 0 Å². The van der Waals surface area contributed by atoms with Crippen LogP contribution in [-0.4, -0.2) is 41.7 Å². The number of carbonyl (C=O) groups is 1. The van der Waals surface area contributed by atoms with Gasteiger partial charge in [-0.05, 0) is 44.0 Å². The number of aliphatic hydroxyl groups excluding tert-OH is 1. The average molecular weight is 281 g/mol. The number of hydrogen-bond donors (Lipinski definition) is 3. The number of halogens is 1. The molecule has 0 bridgehead atoms. The van der Waals surface area contributed by atoms with Crippen LogP contribution in [0.4, 0.5) is 15.8 Å². The topological polar surface area (TPSA) is 78.6 Å². The standard InChI is InChI=1S/C14H20FN3O2/c1-9(18-5-4-10(7-18)8-19)14(20)17-11-2-3-12(15)13(16)6-11/h2-3,6,9-10,19H,4-5,7-8,16H2,1H3,(H,17,20). The second-order valence-electron chi connectivity index (χ2n) is 5.23. The summed E-state index contributed by atoms with van der Waals surface area (Å²) in [5.41, 5.74) is 5.96. The molecule has 0 radical (unpaired) electrons. The third kappa shape index (κ3) is 3.26. The summed E-state index contributed by atoms with van der Waals surface area (Å²) in [7, 11) is 0. The molecule has 1 aromatic carbocycles. The third-order valence-corrected chi connectivity index (χ3v) is 3.77. The van der Waals surface area contributed by atoms with Crippen LogP contribution in [-0.2, 0) is 4.79 Å². The zero-order valence-corrected chi connectivity index (χ0v) is 11.5. The van der Waals surface area contributed by atoms with Gasteiger partial charge in [0, 0.05) is 18.8 Å². The molecule has 2 unspecified atom stereocenters. The maximum atomic E-state index is 13.1. The van der Waals surface area contributed by atoms with Crippen molar-refractivity contribution in [3.63, 3.8) is 0 Å². The van der Waals surface area contributed by atoms with Crippen LogP contribution in [0.2, 0.25) is 0 Å². The van der Waals surface area contributed by atoms with E-state index >= 15 is 0 Å². The van der Waals surface area contributed by atoms with E-state index in [0.29, 0.717) is 5.69 Å². The Morgan fingerprint density at radius 3 is 3.00 bits per heavy atom. The maximum absolute atomic E-state index is 13.1. The molecule has 1 aliphatic heterocycles. The summed E-state index contributed by atoms with van der Waals surface area (Å²) in [5, 5.41) is 11.8. The molecule has 1 aromatic rings. The molecule has 1 amide bonds. The van der Waals surface area contributed by atoms with Gasteiger partial charge in [-0.25, -0.2) is 4.39 Å². The Balaban J connectivity index is 1.95. The van der Waals surface area contributed by atoms with Crippen LogP contribution in [0.15, 0.2) is 18.2 Å².